The predicted molar refractivity (Wildman–Crippen MR) is 75.5 cm³/mol. The zero-order valence-corrected chi connectivity index (χ0v) is 11.2. The summed E-state index contributed by atoms with van der Waals surface area (Å²) in [4.78, 5) is 23.3. The van der Waals surface area contributed by atoms with E-state index in [-0.39, 0.29) is 16.9 Å². The zero-order chi connectivity index (χ0) is 15.4. The molecule has 0 heterocycles. The molecule has 2 aromatic carbocycles. The van der Waals surface area contributed by atoms with E-state index in [0.29, 0.717) is 11.3 Å². The molecule has 0 aliphatic rings. The van der Waals surface area contributed by atoms with Crippen LogP contribution in [0.1, 0.15) is 33.2 Å². The first-order chi connectivity index (χ1) is 10.0. The first-order valence-corrected chi connectivity index (χ1v) is 6.13. The van der Waals surface area contributed by atoms with Crippen LogP contribution < -0.4 is 5.32 Å². The molecule has 0 spiro atoms. The molecule has 21 heavy (non-hydrogen) atoms. The highest BCUT2D eigenvalue weighted by Crippen LogP contribution is 2.14. The van der Waals surface area contributed by atoms with Gasteiger partial charge in [-0.05, 0) is 37.3 Å². The first kappa shape index (κ1) is 14.4. The minimum absolute atomic E-state index is 0.111. The fourth-order valence-electron chi connectivity index (χ4n) is 1.77. The molecule has 0 unspecified atom stereocenters. The van der Waals surface area contributed by atoms with E-state index in [2.05, 4.69) is 5.32 Å². The lowest BCUT2D eigenvalue weighted by molar-refractivity contribution is 0.101. The van der Waals surface area contributed by atoms with Gasteiger partial charge in [-0.2, -0.15) is 5.26 Å². The quantitative estimate of drug-likeness (QED) is 0.879. The summed E-state index contributed by atoms with van der Waals surface area (Å²) < 4.78 is 13.2. The molecule has 5 heteroatoms. The minimum Gasteiger partial charge on any atom is -0.322 e. The van der Waals surface area contributed by atoms with Crippen LogP contribution >= 0.6 is 0 Å². The summed E-state index contributed by atoms with van der Waals surface area (Å²) >= 11 is 0. The fourth-order valence-corrected chi connectivity index (χ4v) is 1.77. The molecule has 0 saturated carbocycles. The molecule has 2 aromatic rings. The van der Waals surface area contributed by atoms with Crippen molar-refractivity contribution in [1.29, 1.82) is 5.26 Å². The molecule has 2 rings (SSSR count). The molecular formula is C16H11FN2O2. The number of ketones is 1. The van der Waals surface area contributed by atoms with E-state index >= 15 is 0 Å². The number of nitrogens with one attached hydrogen (secondary N) is 1. The van der Waals surface area contributed by atoms with Crippen LogP contribution in [0.15, 0.2) is 42.5 Å². The predicted octanol–water partition coefficient (Wildman–Crippen LogP) is 3.15. The maximum Gasteiger partial charge on any atom is 0.255 e. The van der Waals surface area contributed by atoms with Gasteiger partial charge in [0, 0.05) is 16.8 Å². The van der Waals surface area contributed by atoms with E-state index in [4.69, 9.17) is 5.26 Å². The summed E-state index contributed by atoms with van der Waals surface area (Å²) in [6, 6.07) is 11.7. The van der Waals surface area contributed by atoms with Crippen LogP contribution in [0.5, 0.6) is 0 Å². The number of nitrogens with zero attached hydrogens (tertiary/aromatic N) is 1. The van der Waals surface area contributed by atoms with E-state index < -0.39 is 11.7 Å². The van der Waals surface area contributed by atoms with Crippen LogP contribution in [0, 0.1) is 17.1 Å². The Balaban J connectivity index is 2.24. The molecule has 4 nitrogen and oxygen atoms in total. The van der Waals surface area contributed by atoms with E-state index in [1.54, 1.807) is 30.3 Å². The van der Waals surface area contributed by atoms with Gasteiger partial charge in [0.15, 0.2) is 5.78 Å². The van der Waals surface area contributed by atoms with E-state index in [1.165, 1.54) is 19.1 Å². The second-order valence-electron chi connectivity index (χ2n) is 4.40. The lowest BCUT2D eigenvalue weighted by Gasteiger charge is -2.07. The second kappa shape index (κ2) is 5.97. The highest BCUT2D eigenvalue weighted by Gasteiger charge is 2.10. The summed E-state index contributed by atoms with van der Waals surface area (Å²) in [5.41, 5.74) is 0.904. The molecule has 0 atom stereocenters. The van der Waals surface area contributed by atoms with Crippen LogP contribution in [-0.2, 0) is 0 Å². The molecule has 0 aliphatic heterocycles. The number of carbonyl (C=O) groups excluding carboxylic acids is 2. The number of rotatable bonds is 3. The van der Waals surface area contributed by atoms with Gasteiger partial charge in [0.2, 0.25) is 0 Å². The molecule has 0 aromatic heterocycles. The maximum absolute atomic E-state index is 13.2. The van der Waals surface area contributed by atoms with Crippen molar-refractivity contribution in [1.82, 2.24) is 0 Å². The Hall–Kier alpha value is -3.00. The minimum atomic E-state index is -0.673. The van der Waals surface area contributed by atoms with E-state index in [9.17, 15) is 14.0 Å². The van der Waals surface area contributed by atoms with Gasteiger partial charge in [-0.3, -0.25) is 9.59 Å². The number of hydrogen-bond donors (Lipinski definition) is 1. The summed E-state index contributed by atoms with van der Waals surface area (Å²) in [5.74, 6) is -1.26. The highest BCUT2D eigenvalue weighted by molar-refractivity contribution is 6.05. The smallest absolute Gasteiger partial charge is 0.255 e. The number of anilines is 1. The van der Waals surface area contributed by atoms with Crippen molar-refractivity contribution in [3.8, 4) is 6.07 Å². The van der Waals surface area contributed by atoms with Gasteiger partial charge in [0.1, 0.15) is 11.9 Å². The Bertz CT molecular complexity index is 763. The standard InChI is InChI=1S/C16H11FN2O2/c1-10(20)11-3-2-4-14(8-11)19-16(21)12-5-6-15(17)13(7-12)9-18/h2-8H,1H3,(H,19,21). The van der Waals surface area contributed by atoms with Crippen LogP contribution in [0.2, 0.25) is 0 Å². The van der Waals surface area contributed by atoms with Crippen LogP contribution in [0.4, 0.5) is 10.1 Å². The van der Waals surface area contributed by atoms with Gasteiger partial charge in [0.25, 0.3) is 5.91 Å². The number of Topliss-reactive ketones (excluding diaryl/α,β-unsaturated/α-hetero) is 1. The topological polar surface area (TPSA) is 70.0 Å². The number of benzene rings is 2. The lowest BCUT2D eigenvalue weighted by atomic mass is 10.1. The number of nitriles is 1. The van der Waals surface area contributed by atoms with Crippen LogP contribution in [-0.4, -0.2) is 11.7 Å². The van der Waals surface area contributed by atoms with Crippen molar-refractivity contribution in [3.63, 3.8) is 0 Å². The third kappa shape index (κ3) is 3.31. The van der Waals surface area contributed by atoms with Crippen molar-refractivity contribution in [2.75, 3.05) is 5.32 Å². The average molecular weight is 282 g/mol. The molecule has 0 saturated heterocycles. The van der Waals surface area contributed by atoms with Crippen molar-refractivity contribution in [3.05, 3.63) is 65.0 Å². The Labute approximate surface area is 120 Å². The largest absolute Gasteiger partial charge is 0.322 e. The number of carbonyl (C=O) groups is 2. The van der Waals surface area contributed by atoms with Gasteiger partial charge < -0.3 is 5.32 Å². The Kier molecular flexibility index (Phi) is 4.10. The third-order valence-corrected chi connectivity index (χ3v) is 2.88. The highest BCUT2D eigenvalue weighted by atomic mass is 19.1. The molecule has 1 N–H and O–H groups in total. The molecule has 1 amide bonds. The Morgan fingerprint density at radius 2 is 1.90 bits per heavy atom. The molecule has 104 valence electrons. The third-order valence-electron chi connectivity index (χ3n) is 2.88. The SMILES string of the molecule is CC(=O)c1cccc(NC(=O)c2ccc(F)c(C#N)c2)c1. The van der Waals surface area contributed by atoms with Gasteiger partial charge in [-0.15, -0.1) is 0 Å². The molecule has 0 radical (unpaired) electrons. The van der Waals surface area contributed by atoms with Gasteiger partial charge in [0.05, 0.1) is 5.56 Å². The monoisotopic (exact) mass is 282 g/mol. The summed E-state index contributed by atoms with van der Waals surface area (Å²) in [7, 11) is 0. The summed E-state index contributed by atoms with van der Waals surface area (Å²) in [5, 5.41) is 11.4. The summed E-state index contributed by atoms with van der Waals surface area (Å²) in [6.07, 6.45) is 0. The average Bonchev–Trinajstić information content (AvgIpc) is 2.47. The van der Waals surface area contributed by atoms with Gasteiger partial charge in [-0.1, -0.05) is 12.1 Å². The van der Waals surface area contributed by atoms with Crippen LogP contribution in [0.25, 0.3) is 0 Å². The maximum atomic E-state index is 13.2. The first-order valence-electron chi connectivity index (χ1n) is 6.13. The van der Waals surface area contributed by atoms with E-state index in [1.807, 2.05) is 0 Å². The number of halogens is 1. The molecule has 0 bridgehead atoms. The fraction of sp³-hybridized carbons (Fsp3) is 0.0625. The molecule has 0 aliphatic carbocycles. The van der Waals surface area contributed by atoms with Crippen molar-refractivity contribution in [2.45, 2.75) is 6.92 Å². The van der Waals surface area contributed by atoms with E-state index in [0.717, 1.165) is 6.07 Å². The lowest BCUT2D eigenvalue weighted by Crippen LogP contribution is -2.12. The van der Waals surface area contributed by atoms with Gasteiger partial charge in [-0.25, -0.2) is 4.39 Å². The van der Waals surface area contributed by atoms with Crippen molar-refractivity contribution in [2.24, 2.45) is 0 Å². The van der Waals surface area contributed by atoms with Crippen LogP contribution in [0.3, 0.4) is 0 Å². The number of hydrogen-bond acceptors (Lipinski definition) is 3. The second-order valence-corrected chi connectivity index (χ2v) is 4.40. The normalized spacial score (nSPS) is 9.76. The summed E-state index contributed by atoms with van der Waals surface area (Å²) in [6.45, 7) is 1.43. The molecule has 0 fully saturated rings. The zero-order valence-electron chi connectivity index (χ0n) is 11.2. The molecular weight excluding hydrogens is 271 g/mol. The van der Waals surface area contributed by atoms with Gasteiger partial charge >= 0.3 is 0 Å². The van der Waals surface area contributed by atoms with Crippen molar-refractivity contribution < 1.29 is 14.0 Å². The van der Waals surface area contributed by atoms with Crippen molar-refractivity contribution >= 4 is 17.4 Å². The Morgan fingerprint density at radius 3 is 2.57 bits per heavy atom. The number of amides is 1. The Morgan fingerprint density at radius 1 is 1.14 bits per heavy atom.